The van der Waals surface area contributed by atoms with E-state index < -0.39 is 0 Å². The minimum absolute atomic E-state index is 0.338. The minimum Gasteiger partial charge on any atom is -0.345 e. The first-order valence-electron chi connectivity index (χ1n) is 6.90. The normalized spacial score (nSPS) is 12.9. The number of hydrogen-bond acceptors (Lipinski definition) is 2. The summed E-state index contributed by atoms with van der Waals surface area (Å²) in [6.45, 7) is 9.41. The molecule has 3 heteroatoms. The van der Waals surface area contributed by atoms with Gasteiger partial charge in [0.15, 0.2) is 0 Å². The van der Waals surface area contributed by atoms with Gasteiger partial charge in [-0.05, 0) is 30.9 Å². The predicted molar refractivity (Wildman–Crippen MR) is 79.1 cm³/mol. The quantitative estimate of drug-likeness (QED) is 0.857. The van der Waals surface area contributed by atoms with Crippen LogP contribution >= 0.6 is 0 Å². The summed E-state index contributed by atoms with van der Waals surface area (Å²) in [5.74, 6) is 1.55. The van der Waals surface area contributed by atoms with E-state index in [1.165, 1.54) is 11.1 Å². The Kier molecular flexibility index (Phi) is 4.38. The van der Waals surface area contributed by atoms with E-state index in [1.807, 2.05) is 13.1 Å². The van der Waals surface area contributed by atoms with Gasteiger partial charge in [0.1, 0.15) is 5.82 Å². The number of H-pyrrole nitrogens is 1. The van der Waals surface area contributed by atoms with Gasteiger partial charge in [0.2, 0.25) is 0 Å². The fourth-order valence-electron chi connectivity index (χ4n) is 2.11. The fourth-order valence-corrected chi connectivity index (χ4v) is 2.11. The van der Waals surface area contributed by atoms with Crippen LogP contribution in [0.15, 0.2) is 30.5 Å². The van der Waals surface area contributed by atoms with E-state index in [0.29, 0.717) is 12.0 Å². The highest BCUT2D eigenvalue weighted by molar-refractivity contribution is 5.26. The molecule has 1 aromatic heterocycles. The number of aryl methyl sites for hydroxylation is 1. The number of imidazole rings is 1. The Hall–Kier alpha value is -1.61. The summed E-state index contributed by atoms with van der Waals surface area (Å²) in [5, 5.41) is 3.51. The molecular formula is C16H23N3. The summed E-state index contributed by atoms with van der Waals surface area (Å²) in [6, 6.07) is 9.21. The van der Waals surface area contributed by atoms with Gasteiger partial charge in [-0.15, -0.1) is 0 Å². The maximum Gasteiger partial charge on any atom is 0.103 e. The summed E-state index contributed by atoms with van der Waals surface area (Å²) in [7, 11) is 0. The summed E-state index contributed by atoms with van der Waals surface area (Å²) < 4.78 is 0. The molecule has 2 aromatic rings. The van der Waals surface area contributed by atoms with Crippen molar-refractivity contribution in [2.75, 3.05) is 0 Å². The molecule has 0 saturated carbocycles. The van der Waals surface area contributed by atoms with Crippen LogP contribution in [-0.4, -0.2) is 9.97 Å². The van der Waals surface area contributed by atoms with Gasteiger partial charge in [0.05, 0.1) is 0 Å². The Morgan fingerprint density at radius 3 is 2.26 bits per heavy atom. The van der Waals surface area contributed by atoms with Crippen molar-refractivity contribution in [3.8, 4) is 0 Å². The smallest absolute Gasteiger partial charge is 0.103 e. The highest BCUT2D eigenvalue weighted by Gasteiger charge is 2.06. The Morgan fingerprint density at radius 1 is 1.11 bits per heavy atom. The van der Waals surface area contributed by atoms with Gasteiger partial charge in [0, 0.05) is 24.5 Å². The summed E-state index contributed by atoms with van der Waals surface area (Å²) >= 11 is 0. The summed E-state index contributed by atoms with van der Waals surface area (Å²) in [6.07, 6.45) is 1.89. The molecule has 0 radical (unpaired) electrons. The van der Waals surface area contributed by atoms with Crippen LogP contribution in [0.5, 0.6) is 0 Å². The van der Waals surface area contributed by atoms with Crippen molar-refractivity contribution >= 4 is 0 Å². The molecule has 0 fully saturated rings. The van der Waals surface area contributed by atoms with Gasteiger partial charge < -0.3 is 10.3 Å². The number of aromatic amines is 1. The molecule has 0 aliphatic rings. The van der Waals surface area contributed by atoms with Gasteiger partial charge >= 0.3 is 0 Å². The highest BCUT2D eigenvalue weighted by atomic mass is 15.0. The molecule has 0 saturated heterocycles. The molecule has 0 amide bonds. The number of rotatable bonds is 5. The van der Waals surface area contributed by atoms with E-state index in [4.69, 9.17) is 0 Å². The summed E-state index contributed by atoms with van der Waals surface area (Å²) in [4.78, 5) is 7.44. The van der Waals surface area contributed by atoms with E-state index >= 15 is 0 Å². The van der Waals surface area contributed by atoms with Crippen molar-refractivity contribution in [3.63, 3.8) is 0 Å². The zero-order valence-corrected chi connectivity index (χ0v) is 12.2. The van der Waals surface area contributed by atoms with E-state index in [2.05, 4.69) is 60.3 Å². The van der Waals surface area contributed by atoms with Crippen LogP contribution in [-0.2, 0) is 6.54 Å². The van der Waals surface area contributed by atoms with Gasteiger partial charge in [-0.25, -0.2) is 4.98 Å². The van der Waals surface area contributed by atoms with Crippen LogP contribution in [0.2, 0.25) is 0 Å². The summed E-state index contributed by atoms with van der Waals surface area (Å²) in [5.41, 5.74) is 3.84. The van der Waals surface area contributed by atoms with Gasteiger partial charge in [-0.2, -0.15) is 0 Å². The zero-order valence-electron chi connectivity index (χ0n) is 12.2. The first-order valence-corrected chi connectivity index (χ1v) is 6.90. The largest absolute Gasteiger partial charge is 0.345 e. The van der Waals surface area contributed by atoms with Crippen molar-refractivity contribution in [1.29, 1.82) is 0 Å². The maximum absolute atomic E-state index is 4.20. The average Bonchev–Trinajstić information content (AvgIpc) is 2.82. The third-order valence-corrected chi connectivity index (χ3v) is 3.46. The monoisotopic (exact) mass is 257 g/mol. The Morgan fingerprint density at radius 2 is 1.74 bits per heavy atom. The van der Waals surface area contributed by atoms with Crippen LogP contribution in [0, 0.1) is 6.92 Å². The first kappa shape index (κ1) is 13.8. The zero-order chi connectivity index (χ0) is 13.8. The molecule has 0 aliphatic carbocycles. The van der Waals surface area contributed by atoms with Gasteiger partial charge in [0.25, 0.3) is 0 Å². The number of nitrogens with one attached hydrogen (secondary N) is 2. The molecule has 3 nitrogen and oxygen atoms in total. The second-order valence-corrected chi connectivity index (χ2v) is 5.42. The molecule has 1 aromatic carbocycles. The van der Waals surface area contributed by atoms with Crippen LogP contribution in [0.3, 0.4) is 0 Å². The molecule has 0 aliphatic heterocycles. The van der Waals surface area contributed by atoms with Crippen molar-refractivity contribution in [2.45, 2.75) is 46.2 Å². The molecular weight excluding hydrogens is 234 g/mol. The van der Waals surface area contributed by atoms with Crippen molar-refractivity contribution in [1.82, 2.24) is 15.3 Å². The predicted octanol–water partition coefficient (Wildman–Crippen LogP) is 3.69. The fraction of sp³-hybridized carbons (Fsp3) is 0.438. The third-order valence-electron chi connectivity index (χ3n) is 3.46. The number of benzene rings is 1. The molecule has 2 rings (SSSR count). The van der Waals surface area contributed by atoms with E-state index in [0.717, 1.165) is 18.1 Å². The van der Waals surface area contributed by atoms with Crippen LogP contribution in [0.4, 0.5) is 0 Å². The second-order valence-electron chi connectivity index (χ2n) is 5.42. The SMILES string of the molecule is Cc1ncc(CNC(C)c2ccc(C(C)C)cc2)[nH]1. The lowest BCUT2D eigenvalue weighted by molar-refractivity contribution is 0.568. The molecule has 1 heterocycles. The molecule has 19 heavy (non-hydrogen) atoms. The standard InChI is InChI=1S/C16H23N3/c1-11(2)14-5-7-15(8-6-14)12(3)17-9-16-10-18-13(4)19-16/h5-8,10-12,17H,9H2,1-4H3,(H,18,19). The lowest BCUT2D eigenvalue weighted by Gasteiger charge is -2.15. The van der Waals surface area contributed by atoms with E-state index in [-0.39, 0.29) is 0 Å². The molecule has 1 unspecified atom stereocenters. The molecule has 102 valence electrons. The topological polar surface area (TPSA) is 40.7 Å². The molecule has 1 atom stereocenters. The van der Waals surface area contributed by atoms with Crippen molar-refractivity contribution < 1.29 is 0 Å². The average molecular weight is 257 g/mol. The van der Waals surface area contributed by atoms with E-state index in [9.17, 15) is 0 Å². The number of hydrogen-bond donors (Lipinski definition) is 2. The van der Waals surface area contributed by atoms with Crippen molar-refractivity contribution in [2.24, 2.45) is 0 Å². The van der Waals surface area contributed by atoms with E-state index in [1.54, 1.807) is 0 Å². The Bertz CT molecular complexity index is 511. The highest BCUT2D eigenvalue weighted by Crippen LogP contribution is 2.18. The van der Waals surface area contributed by atoms with Gasteiger partial charge in [-0.1, -0.05) is 38.1 Å². The third kappa shape index (κ3) is 3.67. The lowest BCUT2D eigenvalue weighted by atomic mass is 9.99. The Labute approximate surface area is 115 Å². The second kappa shape index (κ2) is 6.02. The molecule has 0 spiro atoms. The van der Waals surface area contributed by atoms with Crippen molar-refractivity contribution in [3.05, 3.63) is 53.1 Å². The first-order chi connectivity index (χ1) is 9.06. The molecule has 0 bridgehead atoms. The maximum atomic E-state index is 4.20. The number of nitrogens with zero attached hydrogens (tertiary/aromatic N) is 1. The Balaban J connectivity index is 1.94. The molecule has 2 N–H and O–H groups in total. The van der Waals surface area contributed by atoms with Crippen LogP contribution in [0.1, 0.15) is 55.4 Å². The lowest BCUT2D eigenvalue weighted by Crippen LogP contribution is -2.18. The van der Waals surface area contributed by atoms with Gasteiger partial charge in [-0.3, -0.25) is 0 Å². The van der Waals surface area contributed by atoms with Crippen LogP contribution in [0.25, 0.3) is 0 Å². The number of aromatic nitrogens is 2. The van der Waals surface area contributed by atoms with Crippen LogP contribution < -0.4 is 5.32 Å². The minimum atomic E-state index is 0.338.